The predicted molar refractivity (Wildman–Crippen MR) is 61.4 cm³/mol. The number of rotatable bonds is 1. The molecule has 1 unspecified atom stereocenters. The number of para-hydroxylation sites is 1. The fourth-order valence-corrected chi connectivity index (χ4v) is 2.53. The molecule has 16 heavy (non-hydrogen) atoms. The van der Waals surface area contributed by atoms with Gasteiger partial charge in [-0.15, -0.1) is 0 Å². The zero-order valence-corrected chi connectivity index (χ0v) is 8.89. The van der Waals surface area contributed by atoms with Crippen LogP contribution in [0, 0.1) is 5.92 Å². The molecule has 0 saturated heterocycles. The second kappa shape index (κ2) is 3.37. The quantitative estimate of drug-likeness (QED) is 0.793. The van der Waals surface area contributed by atoms with Crippen LogP contribution in [0.15, 0.2) is 30.3 Å². The first-order chi connectivity index (χ1) is 7.75. The number of carboxylic acids is 1. The number of aromatic nitrogens is 1. The van der Waals surface area contributed by atoms with Crippen LogP contribution in [0.25, 0.3) is 10.9 Å². The van der Waals surface area contributed by atoms with Gasteiger partial charge in [-0.3, -0.25) is 4.79 Å². The molecular formula is C13H13NO2. The fraction of sp³-hybridized carbons (Fsp3) is 0.308. The molecule has 1 N–H and O–H groups in total. The molecule has 0 aliphatic carbocycles. The van der Waals surface area contributed by atoms with Crippen LogP contribution in [0.5, 0.6) is 0 Å². The van der Waals surface area contributed by atoms with E-state index < -0.39 is 5.97 Å². The Kier molecular flexibility index (Phi) is 1.99. The molecular weight excluding hydrogens is 202 g/mol. The van der Waals surface area contributed by atoms with Crippen LogP contribution in [0.2, 0.25) is 0 Å². The lowest BCUT2D eigenvalue weighted by Crippen LogP contribution is -2.26. The molecule has 0 spiro atoms. The second-order valence-corrected chi connectivity index (χ2v) is 4.38. The Hall–Kier alpha value is -1.77. The van der Waals surface area contributed by atoms with Gasteiger partial charge in [0.15, 0.2) is 0 Å². The molecule has 1 aromatic carbocycles. The smallest absolute Gasteiger partial charge is 0.308 e. The number of aliphatic carboxylic acids is 1. The van der Waals surface area contributed by atoms with E-state index in [0.29, 0.717) is 6.54 Å². The monoisotopic (exact) mass is 215 g/mol. The van der Waals surface area contributed by atoms with Gasteiger partial charge in [0, 0.05) is 17.8 Å². The zero-order chi connectivity index (χ0) is 11.1. The molecule has 82 valence electrons. The summed E-state index contributed by atoms with van der Waals surface area (Å²) in [5.74, 6) is -0.910. The van der Waals surface area contributed by atoms with Crippen LogP contribution >= 0.6 is 0 Å². The van der Waals surface area contributed by atoms with E-state index in [-0.39, 0.29) is 5.92 Å². The lowest BCUT2D eigenvalue weighted by molar-refractivity contribution is -0.142. The van der Waals surface area contributed by atoms with E-state index in [9.17, 15) is 4.79 Å². The van der Waals surface area contributed by atoms with Crippen molar-refractivity contribution in [1.29, 1.82) is 0 Å². The Morgan fingerprint density at radius 2 is 2.19 bits per heavy atom. The molecule has 3 heteroatoms. The number of benzene rings is 1. The minimum absolute atomic E-state index is 0.233. The van der Waals surface area contributed by atoms with Gasteiger partial charge in [0.25, 0.3) is 0 Å². The van der Waals surface area contributed by atoms with Crippen molar-refractivity contribution in [1.82, 2.24) is 4.57 Å². The molecule has 3 rings (SSSR count). The molecule has 0 amide bonds. The van der Waals surface area contributed by atoms with E-state index in [0.717, 1.165) is 18.4 Å². The van der Waals surface area contributed by atoms with E-state index in [1.54, 1.807) is 0 Å². The summed E-state index contributed by atoms with van der Waals surface area (Å²) in [7, 11) is 0. The second-order valence-electron chi connectivity index (χ2n) is 4.38. The van der Waals surface area contributed by atoms with E-state index in [4.69, 9.17) is 5.11 Å². The largest absolute Gasteiger partial charge is 0.481 e. The summed E-state index contributed by atoms with van der Waals surface area (Å²) in [6.07, 6.45) is 1.62. The summed E-state index contributed by atoms with van der Waals surface area (Å²) in [6.45, 7) is 0.609. The van der Waals surface area contributed by atoms with Crippen molar-refractivity contribution >= 4 is 16.9 Å². The minimum Gasteiger partial charge on any atom is -0.481 e. The van der Waals surface area contributed by atoms with Gasteiger partial charge < -0.3 is 9.67 Å². The summed E-state index contributed by atoms with van der Waals surface area (Å²) in [5, 5.41) is 10.3. The highest BCUT2D eigenvalue weighted by Gasteiger charge is 2.25. The Morgan fingerprint density at radius 3 is 3.00 bits per heavy atom. The SMILES string of the molecule is O=C(O)C1CCc2cc3ccccc3n2C1. The minimum atomic E-state index is -0.677. The van der Waals surface area contributed by atoms with Crippen molar-refractivity contribution in [2.45, 2.75) is 19.4 Å². The van der Waals surface area contributed by atoms with E-state index in [2.05, 4.69) is 22.8 Å². The van der Waals surface area contributed by atoms with Gasteiger partial charge in [0.05, 0.1) is 5.92 Å². The maximum atomic E-state index is 11.0. The maximum Gasteiger partial charge on any atom is 0.308 e. The summed E-state index contributed by atoms with van der Waals surface area (Å²) in [6, 6.07) is 10.3. The van der Waals surface area contributed by atoms with Crippen molar-refractivity contribution in [3.05, 3.63) is 36.0 Å². The average Bonchev–Trinajstić information content (AvgIpc) is 2.66. The first-order valence-electron chi connectivity index (χ1n) is 5.55. The van der Waals surface area contributed by atoms with Crippen molar-refractivity contribution < 1.29 is 9.90 Å². The predicted octanol–water partition coefficient (Wildman–Crippen LogP) is 2.29. The number of fused-ring (bicyclic) bond motifs is 3. The Bertz CT molecular complexity index is 556. The van der Waals surface area contributed by atoms with Gasteiger partial charge in [-0.25, -0.2) is 0 Å². The van der Waals surface area contributed by atoms with Gasteiger partial charge in [0.1, 0.15) is 0 Å². The van der Waals surface area contributed by atoms with Crippen LogP contribution in [-0.2, 0) is 17.8 Å². The Morgan fingerprint density at radius 1 is 1.38 bits per heavy atom. The normalized spacial score (nSPS) is 19.6. The van der Waals surface area contributed by atoms with Gasteiger partial charge in [-0.05, 0) is 30.4 Å². The number of carboxylic acid groups (broad SMARTS) is 1. The molecule has 1 aliphatic rings. The summed E-state index contributed by atoms with van der Waals surface area (Å²) in [5.41, 5.74) is 2.42. The Balaban J connectivity index is 2.11. The van der Waals surface area contributed by atoms with E-state index >= 15 is 0 Å². The van der Waals surface area contributed by atoms with E-state index in [1.165, 1.54) is 11.1 Å². The molecule has 2 heterocycles. The maximum absolute atomic E-state index is 11.0. The molecule has 1 atom stereocenters. The standard InChI is InChI=1S/C13H13NO2/c15-13(16)10-5-6-11-7-9-3-1-2-4-12(9)14(11)8-10/h1-4,7,10H,5-6,8H2,(H,15,16). The molecule has 2 aromatic rings. The fourth-order valence-electron chi connectivity index (χ4n) is 2.53. The summed E-state index contributed by atoms with van der Waals surface area (Å²) >= 11 is 0. The van der Waals surface area contributed by atoms with Crippen LogP contribution in [0.3, 0.4) is 0 Å². The van der Waals surface area contributed by atoms with Crippen LogP contribution in [-0.4, -0.2) is 15.6 Å². The lowest BCUT2D eigenvalue weighted by Gasteiger charge is -2.22. The number of carbonyl (C=O) groups is 1. The number of aryl methyl sites for hydroxylation is 1. The van der Waals surface area contributed by atoms with Gasteiger partial charge >= 0.3 is 5.97 Å². The van der Waals surface area contributed by atoms with Crippen molar-refractivity contribution in [3.63, 3.8) is 0 Å². The molecule has 0 saturated carbocycles. The lowest BCUT2D eigenvalue weighted by atomic mass is 9.98. The molecule has 0 fully saturated rings. The van der Waals surface area contributed by atoms with Crippen LogP contribution in [0.4, 0.5) is 0 Å². The third-order valence-corrected chi connectivity index (χ3v) is 3.40. The first kappa shape index (κ1) is 9.46. The molecule has 0 radical (unpaired) electrons. The van der Waals surface area contributed by atoms with Gasteiger partial charge in [-0.2, -0.15) is 0 Å². The average molecular weight is 215 g/mol. The third kappa shape index (κ3) is 1.32. The number of hydrogen-bond acceptors (Lipinski definition) is 1. The third-order valence-electron chi connectivity index (χ3n) is 3.40. The number of nitrogens with zero attached hydrogens (tertiary/aromatic N) is 1. The topological polar surface area (TPSA) is 42.2 Å². The van der Waals surface area contributed by atoms with Gasteiger partial charge in [-0.1, -0.05) is 18.2 Å². The highest BCUT2D eigenvalue weighted by Crippen LogP contribution is 2.27. The molecule has 3 nitrogen and oxygen atoms in total. The number of hydrogen-bond donors (Lipinski definition) is 1. The first-order valence-corrected chi connectivity index (χ1v) is 5.55. The zero-order valence-electron chi connectivity index (χ0n) is 8.89. The van der Waals surface area contributed by atoms with Crippen molar-refractivity contribution in [2.75, 3.05) is 0 Å². The summed E-state index contributed by atoms with van der Waals surface area (Å²) < 4.78 is 2.15. The van der Waals surface area contributed by atoms with Crippen molar-refractivity contribution in [2.24, 2.45) is 5.92 Å². The van der Waals surface area contributed by atoms with Crippen LogP contribution in [0.1, 0.15) is 12.1 Å². The molecule has 0 bridgehead atoms. The molecule has 1 aliphatic heterocycles. The van der Waals surface area contributed by atoms with E-state index in [1.807, 2.05) is 12.1 Å². The highest BCUT2D eigenvalue weighted by molar-refractivity contribution is 5.82. The highest BCUT2D eigenvalue weighted by atomic mass is 16.4. The van der Waals surface area contributed by atoms with Crippen LogP contribution < -0.4 is 0 Å². The van der Waals surface area contributed by atoms with Crippen molar-refractivity contribution in [3.8, 4) is 0 Å². The van der Waals surface area contributed by atoms with Gasteiger partial charge in [0.2, 0.25) is 0 Å². The summed E-state index contributed by atoms with van der Waals surface area (Å²) in [4.78, 5) is 11.0. The molecule has 1 aromatic heterocycles. The Labute approximate surface area is 93.3 Å².